The number of H-pyrrole nitrogens is 1. The van der Waals surface area contributed by atoms with Crippen LogP contribution in [0.25, 0.3) is 0 Å². The van der Waals surface area contributed by atoms with Gasteiger partial charge < -0.3 is 20.1 Å². The van der Waals surface area contributed by atoms with Crippen molar-refractivity contribution in [3.05, 3.63) is 51.8 Å². The van der Waals surface area contributed by atoms with E-state index in [9.17, 15) is 14.7 Å². The molecule has 3 N–H and O–H groups in total. The lowest BCUT2D eigenvalue weighted by atomic mass is 10.1. The van der Waals surface area contributed by atoms with Gasteiger partial charge in [-0.3, -0.25) is 9.59 Å². The molecule has 0 fully saturated rings. The molecular formula is C18H23N3O4S. The number of amides is 1. The Bertz CT molecular complexity index is 780. The largest absolute Gasteiger partial charge is 0.493 e. The van der Waals surface area contributed by atoms with Crippen LogP contribution in [0.3, 0.4) is 0 Å². The van der Waals surface area contributed by atoms with Gasteiger partial charge in [0.1, 0.15) is 0 Å². The minimum atomic E-state index is -0.419. The summed E-state index contributed by atoms with van der Waals surface area (Å²) in [4.78, 5) is 30.7. The molecule has 140 valence electrons. The summed E-state index contributed by atoms with van der Waals surface area (Å²) in [5, 5.41) is 13.0. The van der Waals surface area contributed by atoms with E-state index in [0.29, 0.717) is 13.2 Å². The second-order valence-corrected chi connectivity index (χ2v) is 6.57. The van der Waals surface area contributed by atoms with E-state index in [1.54, 1.807) is 0 Å². The molecule has 2 aromatic rings. The number of aromatic hydroxyl groups is 1. The van der Waals surface area contributed by atoms with Crippen molar-refractivity contribution >= 4 is 17.7 Å². The molecule has 8 heteroatoms. The zero-order valence-corrected chi connectivity index (χ0v) is 15.6. The van der Waals surface area contributed by atoms with Crippen molar-refractivity contribution in [1.82, 2.24) is 15.3 Å². The van der Waals surface area contributed by atoms with Crippen molar-refractivity contribution in [1.29, 1.82) is 0 Å². The average molecular weight is 377 g/mol. The maximum atomic E-state index is 12.1. The quantitative estimate of drug-likeness (QED) is 0.351. The molecule has 0 aliphatic rings. The van der Waals surface area contributed by atoms with Gasteiger partial charge in [-0.2, -0.15) is 4.98 Å². The number of benzene rings is 1. The smallest absolute Gasteiger partial charge is 0.258 e. The summed E-state index contributed by atoms with van der Waals surface area (Å²) in [5.41, 5.74) is 0.774. The number of nitrogens with one attached hydrogen (secondary N) is 2. The molecule has 1 heterocycles. The number of hydrogen-bond acceptors (Lipinski definition) is 6. The van der Waals surface area contributed by atoms with Crippen molar-refractivity contribution in [2.24, 2.45) is 0 Å². The summed E-state index contributed by atoms with van der Waals surface area (Å²) in [6.45, 7) is 4.63. The molecule has 0 aliphatic heterocycles. The Morgan fingerprint density at radius 2 is 2.12 bits per heavy atom. The van der Waals surface area contributed by atoms with Gasteiger partial charge in [-0.05, 0) is 19.4 Å². The molecule has 0 aliphatic carbocycles. The highest BCUT2D eigenvalue weighted by atomic mass is 32.2. The first kappa shape index (κ1) is 20.0. The maximum Gasteiger partial charge on any atom is 0.258 e. The number of carbonyl (C=O) groups excluding carboxylic acids is 1. The predicted molar refractivity (Wildman–Crippen MR) is 100 cm³/mol. The first-order valence-corrected chi connectivity index (χ1v) is 9.36. The number of nitrogens with zero attached hydrogens (tertiary/aromatic N) is 1. The van der Waals surface area contributed by atoms with E-state index in [-0.39, 0.29) is 40.7 Å². The van der Waals surface area contributed by atoms with Crippen molar-refractivity contribution in [2.45, 2.75) is 31.5 Å². The van der Waals surface area contributed by atoms with Gasteiger partial charge in [0, 0.05) is 13.0 Å². The molecule has 0 saturated carbocycles. The van der Waals surface area contributed by atoms with Crippen LogP contribution in [-0.4, -0.2) is 39.9 Å². The SMILES string of the molecule is CCOCCc1c(O)nc(SCC(=O)NC(C)c2ccccc2)[nH]c1=O. The molecule has 1 aromatic heterocycles. The average Bonchev–Trinajstić information content (AvgIpc) is 2.63. The summed E-state index contributed by atoms with van der Waals surface area (Å²) in [6, 6.07) is 9.51. The molecule has 1 atom stereocenters. The van der Waals surface area contributed by atoms with Gasteiger partial charge >= 0.3 is 0 Å². The number of carbonyl (C=O) groups is 1. The Balaban J connectivity index is 1.90. The third kappa shape index (κ3) is 5.89. The minimum absolute atomic E-state index is 0.0812. The third-order valence-corrected chi connectivity index (χ3v) is 4.56. The fraction of sp³-hybridized carbons (Fsp3) is 0.389. The van der Waals surface area contributed by atoms with Crippen LogP contribution in [0, 0.1) is 0 Å². The zero-order valence-electron chi connectivity index (χ0n) is 14.8. The zero-order chi connectivity index (χ0) is 18.9. The number of aromatic nitrogens is 2. The van der Waals surface area contributed by atoms with Gasteiger partial charge in [0.15, 0.2) is 5.16 Å². The van der Waals surface area contributed by atoms with E-state index >= 15 is 0 Å². The fourth-order valence-corrected chi connectivity index (χ4v) is 2.99. The normalized spacial score (nSPS) is 11.9. The molecule has 0 bridgehead atoms. The number of aromatic amines is 1. The first-order chi connectivity index (χ1) is 12.5. The van der Waals surface area contributed by atoms with Crippen molar-refractivity contribution in [3.63, 3.8) is 0 Å². The first-order valence-electron chi connectivity index (χ1n) is 8.38. The summed E-state index contributed by atoms with van der Waals surface area (Å²) >= 11 is 1.06. The van der Waals surface area contributed by atoms with Crippen LogP contribution in [0.15, 0.2) is 40.3 Å². The van der Waals surface area contributed by atoms with Gasteiger partial charge in [-0.25, -0.2) is 0 Å². The van der Waals surface area contributed by atoms with Crippen LogP contribution in [0.4, 0.5) is 0 Å². The lowest BCUT2D eigenvalue weighted by Crippen LogP contribution is -2.28. The Morgan fingerprint density at radius 3 is 2.77 bits per heavy atom. The Hall–Kier alpha value is -2.32. The second kappa shape index (κ2) is 9.98. The molecule has 2 rings (SSSR count). The second-order valence-electron chi connectivity index (χ2n) is 5.61. The van der Waals surface area contributed by atoms with Crippen molar-refractivity contribution < 1.29 is 14.6 Å². The van der Waals surface area contributed by atoms with Crippen molar-refractivity contribution in [3.8, 4) is 5.88 Å². The standard InChI is InChI=1S/C18H23N3O4S/c1-3-25-10-9-14-16(23)20-18(21-17(14)24)26-11-15(22)19-12(2)13-7-5-4-6-8-13/h4-8,12H,3,9-11H2,1-2H3,(H,19,22)(H2,20,21,23,24). The molecular weight excluding hydrogens is 354 g/mol. The number of hydrogen-bond donors (Lipinski definition) is 3. The van der Waals surface area contributed by atoms with E-state index in [2.05, 4.69) is 15.3 Å². The Kier molecular flexibility index (Phi) is 7.68. The molecule has 7 nitrogen and oxygen atoms in total. The van der Waals surface area contributed by atoms with Gasteiger partial charge in [-0.15, -0.1) is 0 Å². The minimum Gasteiger partial charge on any atom is -0.493 e. The molecule has 0 spiro atoms. The number of rotatable bonds is 9. The molecule has 1 unspecified atom stereocenters. The van der Waals surface area contributed by atoms with Gasteiger partial charge in [-0.1, -0.05) is 42.1 Å². The molecule has 1 amide bonds. The van der Waals surface area contributed by atoms with Crippen LogP contribution in [-0.2, 0) is 16.0 Å². The highest BCUT2D eigenvalue weighted by Crippen LogP contribution is 2.17. The van der Waals surface area contributed by atoms with Crippen LogP contribution in [0.1, 0.15) is 31.0 Å². The lowest BCUT2D eigenvalue weighted by molar-refractivity contribution is -0.119. The summed E-state index contributed by atoms with van der Waals surface area (Å²) in [5.74, 6) is -0.430. The van der Waals surface area contributed by atoms with Gasteiger partial charge in [0.05, 0.1) is 24.0 Å². The van der Waals surface area contributed by atoms with Gasteiger partial charge in [0.25, 0.3) is 5.56 Å². The highest BCUT2D eigenvalue weighted by Gasteiger charge is 2.13. The van der Waals surface area contributed by atoms with E-state index < -0.39 is 5.56 Å². The van der Waals surface area contributed by atoms with Gasteiger partial charge in [0.2, 0.25) is 11.8 Å². The fourth-order valence-electron chi connectivity index (χ4n) is 2.32. The maximum absolute atomic E-state index is 12.1. The molecule has 26 heavy (non-hydrogen) atoms. The monoisotopic (exact) mass is 377 g/mol. The van der Waals surface area contributed by atoms with E-state index in [0.717, 1.165) is 17.3 Å². The van der Waals surface area contributed by atoms with E-state index in [1.165, 1.54) is 0 Å². The molecule has 1 aromatic carbocycles. The van der Waals surface area contributed by atoms with Crippen LogP contribution in [0.5, 0.6) is 5.88 Å². The molecule has 0 saturated heterocycles. The van der Waals surface area contributed by atoms with Crippen LogP contribution >= 0.6 is 11.8 Å². The third-order valence-electron chi connectivity index (χ3n) is 3.69. The summed E-state index contributed by atoms with van der Waals surface area (Å²) < 4.78 is 5.18. The summed E-state index contributed by atoms with van der Waals surface area (Å²) in [7, 11) is 0. The van der Waals surface area contributed by atoms with E-state index in [4.69, 9.17) is 4.74 Å². The number of thioether (sulfide) groups is 1. The topological polar surface area (TPSA) is 104 Å². The lowest BCUT2D eigenvalue weighted by Gasteiger charge is -2.14. The Labute approximate surface area is 156 Å². The predicted octanol–water partition coefficient (Wildman–Crippen LogP) is 2.02. The Morgan fingerprint density at radius 1 is 1.38 bits per heavy atom. The van der Waals surface area contributed by atoms with Crippen LogP contribution < -0.4 is 10.9 Å². The van der Waals surface area contributed by atoms with E-state index in [1.807, 2.05) is 44.2 Å². The van der Waals surface area contributed by atoms with Crippen molar-refractivity contribution in [2.75, 3.05) is 19.0 Å². The molecule has 0 radical (unpaired) electrons. The number of ether oxygens (including phenoxy) is 1. The highest BCUT2D eigenvalue weighted by molar-refractivity contribution is 7.99. The summed E-state index contributed by atoms with van der Waals surface area (Å²) in [6.07, 6.45) is 0.280. The van der Waals surface area contributed by atoms with Crippen LogP contribution in [0.2, 0.25) is 0 Å².